The number of amides is 1. The molecule has 7 nitrogen and oxygen atoms in total. The summed E-state index contributed by atoms with van der Waals surface area (Å²) in [6, 6.07) is 1.99. The highest BCUT2D eigenvalue weighted by molar-refractivity contribution is 6.31. The number of benzene rings is 1. The number of pyridine rings is 1. The third-order valence-corrected chi connectivity index (χ3v) is 7.63. The summed E-state index contributed by atoms with van der Waals surface area (Å²) in [6.45, 7) is 24.3. The molecule has 1 aromatic carbocycles. The number of nitrogens with one attached hydrogen (secondary N) is 2. The molecule has 2 heterocycles. The van der Waals surface area contributed by atoms with Gasteiger partial charge in [0, 0.05) is 42.2 Å². The van der Waals surface area contributed by atoms with Crippen molar-refractivity contribution in [1.82, 2.24) is 15.2 Å². The predicted octanol–water partition coefficient (Wildman–Crippen LogP) is 7.00. The van der Waals surface area contributed by atoms with Gasteiger partial charge >= 0.3 is 6.09 Å². The lowest BCUT2D eigenvalue weighted by Crippen LogP contribution is -2.40. The van der Waals surface area contributed by atoms with Crippen LogP contribution in [-0.4, -0.2) is 46.5 Å². The number of rotatable bonds is 8. The van der Waals surface area contributed by atoms with E-state index in [2.05, 4.69) is 42.2 Å². The molecule has 1 aliphatic heterocycles. The average Bonchev–Trinajstić information content (AvgIpc) is 2.92. The number of carbonyl (C=O) groups is 1. The normalized spacial score (nSPS) is 14.4. The van der Waals surface area contributed by atoms with E-state index in [1.54, 1.807) is 48.5 Å². The van der Waals surface area contributed by atoms with Crippen molar-refractivity contribution >= 4 is 41.4 Å². The highest BCUT2D eigenvalue weighted by atomic mass is 35.5. The van der Waals surface area contributed by atoms with Crippen molar-refractivity contribution in [2.45, 2.75) is 79.9 Å². The minimum absolute atomic E-state index is 0.0332. The smallest absolute Gasteiger partial charge is 0.414 e. The molecule has 0 unspecified atom stereocenters. The van der Waals surface area contributed by atoms with Crippen molar-refractivity contribution in [2.75, 3.05) is 18.0 Å². The number of halogens is 2. The van der Waals surface area contributed by atoms with Crippen LogP contribution in [0.3, 0.4) is 0 Å². The fourth-order valence-electron chi connectivity index (χ4n) is 5.21. The van der Waals surface area contributed by atoms with Crippen LogP contribution in [0, 0.1) is 18.2 Å². The molecule has 0 radical (unpaired) electrons. The maximum Gasteiger partial charge on any atom is 0.414 e. The van der Waals surface area contributed by atoms with Gasteiger partial charge in [0.05, 0.1) is 16.4 Å². The molecule has 0 saturated heterocycles. The zero-order chi connectivity index (χ0) is 32.9. The molecule has 2 aromatic rings. The first-order chi connectivity index (χ1) is 20.6. The molecule has 236 valence electrons. The van der Waals surface area contributed by atoms with E-state index in [9.17, 15) is 4.79 Å². The number of allylic oxidation sites excluding steroid dienone is 1. The van der Waals surface area contributed by atoms with Crippen molar-refractivity contribution in [1.29, 1.82) is 5.41 Å². The number of amidine groups is 1. The Balaban J connectivity index is 2.04. The highest BCUT2D eigenvalue weighted by Crippen LogP contribution is 2.37. The van der Waals surface area contributed by atoms with Crippen molar-refractivity contribution < 1.29 is 13.9 Å². The van der Waals surface area contributed by atoms with Crippen LogP contribution in [0.2, 0.25) is 5.02 Å². The van der Waals surface area contributed by atoms with E-state index in [1.807, 2.05) is 34.6 Å². The SMILES string of the molecule is C=CN(C/C(C)=C/C(=N)NC(=C)/C=c1/cc(-c2cnc3c(c2C)N(C(=O)OC(C)(C)C)CCC3)c(F)c(Cl)/c1=C/C)C(C)C. The third kappa shape index (κ3) is 8.17. The van der Waals surface area contributed by atoms with E-state index in [0.717, 1.165) is 17.7 Å². The third-order valence-electron chi connectivity index (χ3n) is 7.26. The van der Waals surface area contributed by atoms with E-state index < -0.39 is 17.5 Å². The Labute approximate surface area is 266 Å². The fourth-order valence-corrected chi connectivity index (χ4v) is 5.53. The van der Waals surface area contributed by atoms with Crippen LogP contribution >= 0.6 is 11.6 Å². The van der Waals surface area contributed by atoms with Crippen LogP contribution in [0.1, 0.15) is 66.1 Å². The van der Waals surface area contributed by atoms with Gasteiger partial charge in [-0.25, -0.2) is 9.18 Å². The number of hydrogen-bond acceptors (Lipinski definition) is 5. The van der Waals surface area contributed by atoms with Gasteiger partial charge in [0.1, 0.15) is 17.3 Å². The molecule has 1 aromatic heterocycles. The van der Waals surface area contributed by atoms with Crippen molar-refractivity contribution in [3.63, 3.8) is 0 Å². The van der Waals surface area contributed by atoms with E-state index in [0.29, 0.717) is 52.5 Å². The van der Waals surface area contributed by atoms with Crippen molar-refractivity contribution in [3.8, 4) is 11.1 Å². The first kappa shape index (κ1) is 34.6. The largest absolute Gasteiger partial charge is 0.443 e. The Bertz CT molecular complexity index is 1620. The van der Waals surface area contributed by atoms with E-state index >= 15 is 4.39 Å². The standard InChI is InChI=1S/C35H45ClFN5O2/c1-11-26-25(17-23(6)40-30(38)16-22(5)20-41(12-2)21(3)4)18-27(32(37)31(26)36)28-19-39-29-14-13-15-42(33(29)24(28)7)34(43)44-35(8,9)10/h11-12,16-19,21H,2,6,13-15,20H2,1,3-5,7-10H3,(H2,38,40)/b22-16+,25-17-,26-11+. The Kier molecular flexibility index (Phi) is 11.2. The number of anilines is 1. The molecule has 0 atom stereocenters. The van der Waals surface area contributed by atoms with Crippen LogP contribution in [0.4, 0.5) is 14.9 Å². The monoisotopic (exact) mass is 621 g/mol. The molecule has 0 fully saturated rings. The van der Waals surface area contributed by atoms with Crippen LogP contribution in [0.5, 0.6) is 0 Å². The molecule has 0 bridgehead atoms. The highest BCUT2D eigenvalue weighted by Gasteiger charge is 2.31. The summed E-state index contributed by atoms with van der Waals surface area (Å²) in [5.41, 5.74) is 3.67. The van der Waals surface area contributed by atoms with E-state index in [4.69, 9.17) is 21.7 Å². The molecule has 9 heteroatoms. The molecule has 0 aliphatic carbocycles. The minimum atomic E-state index is -0.661. The molecule has 2 N–H and O–H groups in total. The number of aryl methyl sites for hydroxylation is 1. The predicted molar refractivity (Wildman–Crippen MR) is 181 cm³/mol. The zero-order valence-corrected chi connectivity index (χ0v) is 28.0. The second kappa shape index (κ2) is 14.2. The fraction of sp³-hybridized carbons (Fsp3) is 0.400. The van der Waals surface area contributed by atoms with Gasteiger partial charge in [-0.2, -0.15) is 0 Å². The Hall–Kier alpha value is -3.91. The Morgan fingerprint density at radius 1 is 1.34 bits per heavy atom. The van der Waals surface area contributed by atoms with Gasteiger partial charge in [0.15, 0.2) is 0 Å². The number of hydrogen-bond donors (Lipinski definition) is 2. The molecule has 1 amide bonds. The number of nitrogens with zero attached hydrogens (tertiary/aromatic N) is 3. The molecular formula is C35H45ClFN5O2. The van der Waals surface area contributed by atoms with Gasteiger partial charge in [-0.1, -0.05) is 36.4 Å². The van der Waals surface area contributed by atoms with Crippen LogP contribution in [-0.2, 0) is 11.2 Å². The molecule has 44 heavy (non-hydrogen) atoms. The Morgan fingerprint density at radius 2 is 2.02 bits per heavy atom. The lowest BCUT2D eigenvalue weighted by Gasteiger charge is -2.33. The van der Waals surface area contributed by atoms with Gasteiger partial charge in [-0.05, 0) is 109 Å². The van der Waals surface area contributed by atoms with Gasteiger partial charge in [0.25, 0.3) is 0 Å². The summed E-state index contributed by atoms with van der Waals surface area (Å²) in [4.78, 5) is 21.5. The van der Waals surface area contributed by atoms with Crippen LogP contribution in [0.15, 0.2) is 49.0 Å². The summed E-state index contributed by atoms with van der Waals surface area (Å²) < 4.78 is 21.6. The van der Waals surface area contributed by atoms with Gasteiger partial charge < -0.3 is 15.0 Å². The first-order valence-corrected chi connectivity index (χ1v) is 15.2. The lowest BCUT2D eigenvalue weighted by molar-refractivity contribution is 0.0577. The maximum absolute atomic E-state index is 15.9. The molecule has 0 spiro atoms. The second-order valence-electron chi connectivity index (χ2n) is 12.3. The number of carbonyl (C=O) groups excluding carboxylic acids is 1. The van der Waals surface area contributed by atoms with Crippen LogP contribution in [0.25, 0.3) is 23.3 Å². The number of ether oxygens (including phenoxy) is 1. The van der Waals surface area contributed by atoms with E-state index in [-0.39, 0.29) is 22.5 Å². The van der Waals surface area contributed by atoms with E-state index in [1.165, 1.54) is 0 Å². The van der Waals surface area contributed by atoms with Crippen LogP contribution < -0.4 is 20.7 Å². The summed E-state index contributed by atoms with van der Waals surface area (Å²) >= 11 is 6.60. The summed E-state index contributed by atoms with van der Waals surface area (Å²) in [5, 5.41) is 12.5. The summed E-state index contributed by atoms with van der Waals surface area (Å²) in [5.74, 6) is -0.410. The first-order valence-electron chi connectivity index (χ1n) is 14.8. The lowest BCUT2D eigenvalue weighted by atomic mass is 9.95. The quantitative estimate of drug-likeness (QED) is 0.245. The number of aromatic nitrogens is 1. The minimum Gasteiger partial charge on any atom is -0.443 e. The topological polar surface area (TPSA) is 81.6 Å². The van der Waals surface area contributed by atoms with Crippen molar-refractivity contribution in [2.24, 2.45) is 0 Å². The number of fused-ring (bicyclic) bond motifs is 1. The van der Waals surface area contributed by atoms with Gasteiger partial charge in [-0.15, -0.1) is 0 Å². The summed E-state index contributed by atoms with van der Waals surface area (Å²) in [6.07, 6.45) is 9.64. The summed E-state index contributed by atoms with van der Waals surface area (Å²) in [7, 11) is 0. The van der Waals surface area contributed by atoms with Gasteiger partial charge in [-0.3, -0.25) is 15.3 Å². The van der Waals surface area contributed by atoms with Gasteiger partial charge in [0.2, 0.25) is 0 Å². The van der Waals surface area contributed by atoms with Crippen molar-refractivity contribution in [3.05, 3.63) is 81.5 Å². The second-order valence-corrected chi connectivity index (χ2v) is 12.7. The Morgan fingerprint density at radius 3 is 2.61 bits per heavy atom. The molecule has 3 rings (SSSR count). The zero-order valence-electron chi connectivity index (χ0n) is 27.2. The molecule has 1 aliphatic rings. The maximum atomic E-state index is 15.9. The average molecular weight is 622 g/mol. The molecule has 0 saturated carbocycles. The molecular weight excluding hydrogens is 577 g/mol.